The summed E-state index contributed by atoms with van der Waals surface area (Å²) in [4.78, 5) is 18.1. The van der Waals surface area contributed by atoms with Crippen LogP contribution in [0.1, 0.15) is 38.2 Å². The van der Waals surface area contributed by atoms with Crippen molar-refractivity contribution in [1.82, 2.24) is 20.5 Å². The Hall–Kier alpha value is -2.03. The fourth-order valence-electron chi connectivity index (χ4n) is 3.23. The number of carbonyl (C=O) groups is 1. The topological polar surface area (TPSA) is 66.5 Å². The average Bonchev–Trinajstić information content (AvgIpc) is 2.64. The van der Waals surface area contributed by atoms with E-state index in [1.165, 1.54) is 19.0 Å². The molecule has 28 heavy (non-hydrogen) atoms. The molecule has 1 unspecified atom stereocenters. The van der Waals surface area contributed by atoms with Gasteiger partial charge in [-0.15, -0.1) is 0 Å². The summed E-state index contributed by atoms with van der Waals surface area (Å²) in [5.41, 5.74) is 0.390. The molecule has 158 valence electrons. The Morgan fingerprint density at radius 1 is 1.36 bits per heavy atom. The number of amides is 2. The maximum atomic E-state index is 12.3. The van der Waals surface area contributed by atoms with Crippen LogP contribution in [0.5, 0.6) is 5.88 Å². The van der Waals surface area contributed by atoms with E-state index in [2.05, 4.69) is 27.4 Å². The predicted octanol–water partition coefficient (Wildman–Crippen LogP) is 3.33. The Bertz CT molecular complexity index is 613. The molecule has 2 N–H and O–H groups in total. The van der Waals surface area contributed by atoms with E-state index in [9.17, 15) is 18.0 Å². The highest BCUT2D eigenvalue weighted by atomic mass is 19.4. The van der Waals surface area contributed by atoms with Crippen LogP contribution >= 0.6 is 0 Å². The van der Waals surface area contributed by atoms with Crippen molar-refractivity contribution in [2.45, 2.75) is 45.3 Å². The van der Waals surface area contributed by atoms with E-state index in [4.69, 9.17) is 4.74 Å². The summed E-state index contributed by atoms with van der Waals surface area (Å²) in [6.45, 7) is 4.81. The number of halogens is 3. The molecule has 6 nitrogen and oxygen atoms in total. The first-order chi connectivity index (χ1) is 13.3. The Kier molecular flexibility index (Phi) is 8.82. The fraction of sp³-hybridized carbons (Fsp3) is 0.684. The molecule has 9 heteroatoms. The second-order valence-corrected chi connectivity index (χ2v) is 7.24. The fourth-order valence-corrected chi connectivity index (χ4v) is 3.23. The van der Waals surface area contributed by atoms with Crippen LogP contribution in [-0.2, 0) is 6.54 Å². The number of hydrogen-bond acceptors (Lipinski definition) is 4. The van der Waals surface area contributed by atoms with Crippen LogP contribution in [0, 0.1) is 5.92 Å². The van der Waals surface area contributed by atoms with Crippen LogP contribution in [0.25, 0.3) is 0 Å². The zero-order chi connectivity index (χ0) is 20.4. The molecule has 0 saturated carbocycles. The minimum Gasteiger partial charge on any atom is -0.468 e. The molecule has 1 aliphatic heterocycles. The summed E-state index contributed by atoms with van der Waals surface area (Å²) in [5, 5.41) is 5.39. The molecule has 0 bridgehead atoms. The second-order valence-electron chi connectivity index (χ2n) is 7.24. The molecule has 0 aliphatic carbocycles. The van der Waals surface area contributed by atoms with Crippen molar-refractivity contribution >= 4 is 6.03 Å². The molecule has 1 aromatic rings. The Balaban J connectivity index is 1.62. The summed E-state index contributed by atoms with van der Waals surface area (Å²) < 4.78 is 41.6. The van der Waals surface area contributed by atoms with Gasteiger partial charge < -0.3 is 20.3 Å². The molecule has 1 saturated heterocycles. The van der Waals surface area contributed by atoms with Gasteiger partial charge in [-0.1, -0.05) is 13.0 Å². The summed E-state index contributed by atoms with van der Waals surface area (Å²) >= 11 is 0. The van der Waals surface area contributed by atoms with Gasteiger partial charge in [-0.05, 0) is 50.8 Å². The monoisotopic (exact) mass is 402 g/mol. The number of nitrogens with one attached hydrogen (secondary N) is 2. The highest BCUT2D eigenvalue weighted by Gasteiger charge is 2.29. The van der Waals surface area contributed by atoms with Crippen LogP contribution in [0.3, 0.4) is 0 Å². The number of alkyl halides is 3. The number of aromatic nitrogens is 1. The van der Waals surface area contributed by atoms with Gasteiger partial charge in [0, 0.05) is 31.4 Å². The van der Waals surface area contributed by atoms with Crippen molar-refractivity contribution in [3.63, 3.8) is 0 Å². The number of nitrogens with zero attached hydrogens (tertiary/aromatic N) is 2. The summed E-state index contributed by atoms with van der Waals surface area (Å²) in [5.74, 6) is 0.631. The second kappa shape index (κ2) is 11.1. The molecule has 2 rings (SSSR count). The van der Waals surface area contributed by atoms with E-state index in [1.807, 2.05) is 0 Å². The lowest BCUT2D eigenvalue weighted by atomic mass is 10.0. The van der Waals surface area contributed by atoms with Crippen LogP contribution in [0.4, 0.5) is 18.0 Å². The van der Waals surface area contributed by atoms with Crippen molar-refractivity contribution in [2.24, 2.45) is 5.92 Å². The van der Waals surface area contributed by atoms with E-state index in [-0.39, 0.29) is 18.5 Å². The first-order valence-corrected chi connectivity index (χ1v) is 9.71. The Morgan fingerprint density at radius 2 is 2.18 bits per heavy atom. The quantitative estimate of drug-likeness (QED) is 0.622. The molecule has 1 aromatic heterocycles. The van der Waals surface area contributed by atoms with Crippen molar-refractivity contribution in [3.8, 4) is 5.88 Å². The van der Waals surface area contributed by atoms with E-state index in [0.29, 0.717) is 12.1 Å². The number of ether oxygens (including phenoxy) is 1. The van der Waals surface area contributed by atoms with Crippen molar-refractivity contribution < 1.29 is 22.7 Å². The SMILES string of the molecule is CC1CCCN(CCCCNC(=O)NCc2cccnc2OCC(F)(F)F)C1. The molecule has 0 spiro atoms. The maximum absolute atomic E-state index is 12.3. The molecule has 2 heterocycles. The zero-order valence-electron chi connectivity index (χ0n) is 16.2. The smallest absolute Gasteiger partial charge is 0.422 e. The van der Waals surface area contributed by atoms with Gasteiger partial charge in [0.1, 0.15) is 0 Å². The third-order valence-electron chi connectivity index (χ3n) is 4.59. The Labute approximate surface area is 163 Å². The highest BCUT2D eigenvalue weighted by Crippen LogP contribution is 2.20. The minimum atomic E-state index is -4.44. The third-order valence-corrected chi connectivity index (χ3v) is 4.59. The maximum Gasteiger partial charge on any atom is 0.422 e. The molecular formula is C19H29F3N4O2. The molecule has 1 aliphatic rings. The number of carbonyl (C=O) groups excluding carboxylic acids is 1. The normalized spacial score (nSPS) is 17.9. The molecule has 0 radical (unpaired) electrons. The third kappa shape index (κ3) is 8.77. The van der Waals surface area contributed by atoms with E-state index >= 15 is 0 Å². The van der Waals surface area contributed by atoms with Gasteiger partial charge in [0.25, 0.3) is 0 Å². The lowest BCUT2D eigenvalue weighted by Gasteiger charge is -2.30. The number of rotatable bonds is 9. The number of piperidine rings is 1. The summed E-state index contributed by atoms with van der Waals surface area (Å²) in [7, 11) is 0. The van der Waals surface area contributed by atoms with Crippen LogP contribution in [-0.4, -0.2) is 54.9 Å². The van der Waals surface area contributed by atoms with Crippen molar-refractivity contribution in [3.05, 3.63) is 23.9 Å². The van der Waals surface area contributed by atoms with Crippen LogP contribution < -0.4 is 15.4 Å². The lowest BCUT2D eigenvalue weighted by Crippen LogP contribution is -2.37. The molecule has 1 fully saturated rings. The molecule has 2 amide bonds. The van der Waals surface area contributed by atoms with Crippen LogP contribution in [0.15, 0.2) is 18.3 Å². The van der Waals surface area contributed by atoms with E-state index in [0.717, 1.165) is 38.4 Å². The summed E-state index contributed by atoms with van der Waals surface area (Å²) in [6, 6.07) is 2.78. The molecular weight excluding hydrogens is 373 g/mol. The van der Waals surface area contributed by atoms with E-state index in [1.54, 1.807) is 12.1 Å². The number of unbranched alkanes of at least 4 members (excludes halogenated alkanes) is 1. The number of urea groups is 1. The number of hydrogen-bond donors (Lipinski definition) is 2. The van der Waals surface area contributed by atoms with Gasteiger partial charge in [-0.25, -0.2) is 9.78 Å². The van der Waals surface area contributed by atoms with Gasteiger partial charge in [-0.3, -0.25) is 0 Å². The predicted molar refractivity (Wildman–Crippen MR) is 100 cm³/mol. The van der Waals surface area contributed by atoms with Gasteiger partial charge in [0.2, 0.25) is 5.88 Å². The lowest BCUT2D eigenvalue weighted by molar-refractivity contribution is -0.154. The molecule has 0 aromatic carbocycles. The summed E-state index contributed by atoms with van der Waals surface area (Å²) in [6.07, 6.45) is 1.36. The van der Waals surface area contributed by atoms with Gasteiger partial charge in [0.05, 0.1) is 0 Å². The van der Waals surface area contributed by atoms with Gasteiger partial charge >= 0.3 is 12.2 Å². The first-order valence-electron chi connectivity index (χ1n) is 9.71. The first kappa shape index (κ1) is 22.3. The van der Waals surface area contributed by atoms with Crippen molar-refractivity contribution in [1.29, 1.82) is 0 Å². The largest absolute Gasteiger partial charge is 0.468 e. The Morgan fingerprint density at radius 3 is 2.93 bits per heavy atom. The minimum absolute atomic E-state index is 0.0402. The van der Waals surface area contributed by atoms with Crippen molar-refractivity contribution in [2.75, 3.05) is 32.8 Å². The highest BCUT2D eigenvalue weighted by molar-refractivity contribution is 5.73. The van der Waals surface area contributed by atoms with Crippen LogP contribution in [0.2, 0.25) is 0 Å². The van der Waals surface area contributed by atoms with Gasteiger partial charge in [0.15, 0.2) is 6.61 Å². The standard InChI is InChI=1S/C19H29F3N4O2/c1-15-6-5-11-26(13-15)10-3-2-8-24-18(27)25-12-16-7-4-9-23-17(16)28-14-19(20,21)22/h4,7,9,15H,2-3,5-6,8,10-14H2,1H3,(H2,24,25,27). The number of pyridine rings is 1. The van der Waals surface area contributed by atoms with Gasteiger partial charge in [-0.2, -0.15) is 13.2 Å². The zero-order valence-corrected chi connectivity index (χ0v) is 16.2. The number of likely N-dealkylation sites (tertiary alicyclic amines) is 1. The average molecular weight is 402 g/mol. The molecule has 1 atom stereocenters. The van der Waals surface area contributed by atoms with E-state index < -0.39 is 12.8 Å².